The summed E-state index contributed by atoms with van der Waals surface area (Å²) in [5.41, 5.74) is 3.33. The van der Waals surface area contributed by atoms with E-state index in [2.05, 4.69) is 48.0 Å². The van der Waals surface area contributed by atoms with Gasteiger partial charge in [0.1, 0.15) is 21.2 Å². The van der Waals surface area contributed by atoms with E-state index < -0.39 is 4.08 Å². The molecule has 0 aliphatic carbocycles. The van der Waals surface area contributed by atoms with Crippen LogP contribution in [0.1, 0.15) is 48.6 Å². The van der Waals surface area contributed by atoms with Crippen LogP contribution in [0, 0.1) is 5.82 Å². The number of hydrogen-bond donors (Lipinski definition) is 1. The first-order chi connectivity index (χ1) is 13.3. The summed E-state index contributed by atoms with van der Waals surface area (Å²) in [6.45, 7) is 4.31. The minimum absolute atomic E-state index is 0.0618. The summed E-state index contributed by atoms with van der Waals surface area (Å²) < 4.78 is 19.9. The van der Waals surface area contributed by atoms with Crippen molar-refractivity contribution in [1.82, 2.24) is 0 Å². The van der Waals surface area contributed by atoms with Crippen LogP contribution in [-0.4, -0.2) is 23.1 Å². The molecule has 0 saturated carbocycles. The average molecular weight is 483 g/mol. The molecule has 2 unspecified atom stereocenters. The quantitative estimate of drug-likeness (QED) is 0.544. The van der Waals surface area contributed by atoms with Gasteiger partial charge in [-0.25, -0.2) is 4.39 Å². The van der Waals surface area contributed by atoms with Gasteiger partial charge in [-0.3, -0.25) is 0 Å². The second-order valence-corrected chi connectivity index (χ2v) is 12.0. The topological polar surface area (TPSA) is 29.5 Å². The van der Waals surface area contributed by atoms with Gasteiger partial charge < -0.3 is 9.84 Å². The van der Waals surface area contributed by atoms with Crippen molar-refractivity contribution in [3.8, 4) is 5.75 Å². The van der Waals surface area contributed by atoms with Gasteiger partial charge >= 0.3 is 0 Å². The Morgan fingerprint density at radius 3 is 2.82 bits per heavy atom. The van der Waals surface area contributed by atoms with Crippen LogP contribution in [0.4, 0.5) is 4.39 Å². The van der Waals surface area contributed by atoms with Crippen LogP contribution in [-0.2, 0) is 10.5 Å². The Morgan fingerprint density at radius 1 is 1.25 bits per heavy atom. The van der Waals surface area contributed by atoms with E-state index in [4.69, 9.17) is 4.74 Å². The number of ether oxygens (including phenoxy) is 1. The molecule has 2 aliphatic heterocycles. The lowest BCUT2D eigenvalue weighted by molar-refractivity contribution is 0.0846. The molecule has 6 heteroatoms. The lowest BCUT2D eigenvalue weighted by atomic mass is 9.93. The zero-order valence-electron chi connectivity index (χ0n) is 16.0. The Morgan fingerprint density at radius 2 is 2.07 bits per heavy atom. The highest BCUT2D eigenvalue weighted by Gasteiger charge is 2.40. The van der Waals surface area contributed by atoms with E-state index >= 15 is 0 Å². The highest BCUT2D eigenvalue weighted by atomic mass is 79.9. The van der Waals surface area contributed by atoms with Gasteiger partial charge in [0.2, 0.25) is 0 Å². The fourth-order valence-corrected chi connectivity index (χ4v) is 7.62. The number of hydrogen-bond acceptors (Lipinski definition) is 4. The number of fused-ring (bicyclic) bond motifs is 1. The van der Waals surface area contributed by atoms with Gasteiger partial charge in [0.25, 0.3) is 0 Å². The van der Waals surface area contributed by atoms with Crippen molar-refractivity contribution in [3.63, 3.8) is 0 Å². The van der Waals surface area contributed by atoms with E-state index in [1.54, 1.807) is 23.5 Å². The highest BCUT2D eigenvalue weighted by Crippen LogP contribution is 2.58. The molecule has 4 rings (SSSR count). The van der Waals surface area contributed by atoms with Crippen molar-refractivity contribution in [2.75, 3.05) is 12.4 Å². The first-order valence-corrected chi connectivity index (χ1v) is 12.2. The molecule has 2 nitrogen and oxygen atoms in total. The highest BCUT2D eigenvalue weighted by molar-refractivity contribution is 9.10. The van der Waals surface area contributed by atoms with E-state index in [0.29, 0.717) is 4.47 Å². The first kappa shape index (κ1) is 20.6. The molecular formula is C22H24BrFO2S2. The van der Waals surface area contributed by atoms with Crippen molar-refractivity contribution in [2.24, 2.45) is 0 Å². The molecule has 0 spiro atoms. The summed E-state index contributed by atoms with van der Waals surface area (Å²) in [6, 6.07) is 11.6. The number of halogens is 2. The second-order valence-electron chi connectivity index (χ2n) is 8.01. The monoisotopic (exact) mass is 482 g/mol. The minimum atomic E-state index is -0.411. The summed E-state index contributed by atoms with van der Waals surface area (Å²) in [5, 5.41) is 10.6. The number of aliphatic hydroxyl groups is 1. The number of benzene rings is 2. The third kappa shape index (κ3) is 3.98. The number of rotatable bonds is 3. The normalized spacial score (nSPS) is 26.4. The molecule has 2 aliphatic rings. The lowest BCUT2D eigenvalue weighted by Crippen LogP contribution is -2.33. The maximum Gasteiger partial charge on any atom is 0.137 e. The van der Waals surface area contributed by atoms with Crippen molar-refractivity contribution in [1.29, 1.82) is 0 Å². The zero-order valence-corrected chi connectivity index (χ0v) is 19.2. The van der Waals surface area contributed by atoms with Crippen LogP contribution in [0.2, 0.25) is 0 Å². The Labute approximate surface area is 182 Å². The maximum atomic E-state index is 13.7. The maximum absolute atomic E-state index is 13.7. The third-order valence-corrected chi connectivity index (χ3v) is 9.51. The van der Waals surface area contributed by atoms with E-state index in [1.165, 1.54) is 11.6 Å². The summed E-state index contributed by atoms with van der Waals surface area (Å²) in [7, 11) is 0. The molecule has 2 atom stereocenters. The van der Waals surface area contributed by atoms with E-state index in [-0.39, 0.29) is 23.3 Å². The van der Waals surface area contributed by atoms with Gasteiger partial charge in [-0.15, -0.1) is 23.5 Å². The van der Waals surface area contributed by atoms with Crippen LogP contribution in [0.3, 0.4) is 0 Å². The molecule has 2 aromatic carbocycles. The summed E-state index contributed by atoms with van der Waals surface area (Å²) >= 11 is 6.89. The molecule has 1 saturated heterocycles. The van der Waals surface area contributed by atoms with Gasteiger partial charge in [0.05, 0.1) is 11.1 Å². The fraction of sp³-hybridized carbons (Fsp3) is 0.455. The van der Waals surface area contributed by atoms with Gasteiger partial charge in [0, 0.05) is 5.25 Å². The number of aryl methyl sites for hydroxylation is 1. The molecule has 0 amide bonds. The molecule has 0 bridgehead atoms. The Bertz CT molecular complexity index is 889. The predicted octanol–water partition coefficient (Wildman–Crippen LogP) is 6.45. The largest absolute Gasteiger partial charge is 0.488 e. The minimum Gasteiger partial charge on any atom is -0.488 e. The molecule has 28 heavy (non-hydrogen) atoms. The van der Waals surface area contributed by atoms with Crippen LogP contribution in [0.25, 0.3) is 0 Å². The summed E-state index contributed by atoms with van der Waals surface area (Å²) in [6.07, 6.45) is 2.97. The van der Waals surface area contributed by atoms with Gasteiger partial charge in [0.15, 0.2) is 0 Å². The Hall–Kier alpha value is -0.690. The van der Waals surface area contributed by atoms with Crippen molar-refractivity contribution in [2.45, 2.75) is 48.0 Å². The van der Waals surface area contributed by atoms with Crippen LogP contribution in [0.15, 0.2) is 40.9 Å². The van der Waals surface area contributed by atoms with E-state index in [9.17, 15) is 9.50 Å². The predicted molar refractivity (Wildman–Crippen MR) is 120 cm³/mol. The number of aliphatic hydroxyl groups excluding tert-OH is 1. The molecule has 1 N–H and O–H groups in total. The van der Waals surface area contributed by atoms with Crippen molar-refractivity contribution < 1.29 is 14.2 Å². The smallest absolute Gasteiger partial charge is 0.137 e. The van der Waals surface area contributed by atoms with Crippen LogP contribution >= 0.6 is 39.5 Å². The summed E-state index contributed by atoms with van der Waals surface area (Å²) in [5.74, 6) is 1.66. The van der Waals surface area contributed by atoms with E-state index in [0.717, 1.165) is 41.9 Å². The zero-order chi connectivity index (χ0) is 19.9. The standard InChI is InChI=1S/C22H24BrFO2S2/c1-21(2)9-7-14-11-16(4-6-19(14)26-21)22(13-25)27-10-8-20(28-22)15-3-5-18(24)17(23)12-15/h3-6,11-12,20,25H,7-10,13H2,1-2H3. The van der Waals surface area contributed by atoms with Gasteiger partial charge in [-0.1, -0.05) is 12.1 Å². The lowest BCUT2D eigenvalue weighted by Gasteiger charge is -2.40. The molecule has 2 aromatic rings. The fourth-order valence-electron chi connectivity index (χ4n) is 3.82. The second kappa shape index (κ2) is 7.86. The average Bonchev–Trinajstić information content (AvgIpc) is 2.69. The number of thioether (sulfide) groups is 2. The summed E-state index contributed by atoms with van der Waals surface area (Å²) in [4.78, 5) is 0. The van der Waals surface area contributed by atoms with Crippen molar-refractivity contribution in [3.05, 3.63) is 63.4 Å². The Balaban J connectivity index is 1.64. The molecule has 1 fully saturated rings. The van der Waals surface area contributed by atoms with Crippen LogP contribution < -0.4 is 4.74 Å². The SMILES string of the molecule is CC1(C)CCc2cc(C3(CO)SCCC(c4ccc(F)c(Br)c4)S3)ccc2O1. The molecular weight excluding hydrogens is 459 g/mol. The molecule has 2 heterocycles. The Kier molecular flexibility index (Phi) is 5.78. The van der Waals surface area contributed by atoms with Crippen molar-refractivity contribution >= 4 is 39.5 Å². The third-order valence-electron chi connectivity index (χ3n) is 5.45. The van der Waals surface area contributed by atoms with E-state index in [1.807, 2.05) is 12.1 Å². The van der Waals surface area contributed by atoms with Gasteiger partial charge in [-0.2, -0.15) is 0 Å². The molecule has 0 aromatic heterocycles. The van der Waals surface area contributed by atoms with Gasteiger partial charge in [-0.05, 0) is 95.7 Å². The first-order valence-electron chi connectivity index (χ1n) is 9.52. The molecule has 0 radical (unpaired) electrons. The molecule has 150 valence electrons. The van der Waals surface area contributed by atoms with Crippen LogP contribution in [0.5, 0.6) is 5.75 Å².